The molecule has 0 fully saturated rings. The number of unbranched alkanes of at least 4 members (excludes halogenated alkanes) is 1. The maximum atomic E-state index is 11.9. The Morgan fingerprint density at radius 1 is 1.39 bits per heavy atom. The lowest BCUT2D eigenvalue weighted by atomic mass is 10.2. The standard InChI is InChI=1S/C13H20BrN3O/c1-17(2)9-4-3-8-16-13(18)10-6-5-7-11(15)12(10)14/h5-7H,3-4,8-9,15H2,1-2H3,(H,16,18). The molecule has 0 aromatic heterocycles. The van der Waals surface area contributed by atoms with Crippen LogP contribution in [0.4, 0.5) is 5.69 Å². The fourth-order valence-electron chi connectivity index (χ4n) is 1.58. The van der Waals surface area contributed by atoms with Crippen LogP contribution in [-0.2, 0) is 0 Å². The number of hydrogen-bond donors (Lipinski definition) is 2. The van der Waals surface area contributed by atoms with Crippen LogP contribution in [0.25, 0.3) is 0 Å². The Morgan fingerprint density at radius 3 is 2.78 bits per heavy atom. The molecule has 1 aromatic carbocycles. The number of anilines is 1. The van der Waals surface area contributed by atoms with Crippen LogP contribution >= 0.6 is 15.9 Å². The van der Waals surface area contributed by atoms with Gasteiger partial charge >= 0.3 is 0 Å². The zero-order valence-corrected chi connectivity index (χ0v) is 12.5. The zero-order chi connectivity index (χ0) is 13.5. The lowest BCUT2D eigenvalue weighted by Crippen LogP contribution is -2.25. The van der Waals surface area contributed by atoms with E-state index in [4.69, 9.17) is 5.73 Å². The molecule has 0 aliphatic rings. The molecular formula is C13H20BrN3O. The molecule has 0 radical (unpaired) electrons. The van der Waals surface area contributed by atoms with E-state index in [1.54, 1.807) is 18.2 Å². The van der Waals surface area contributed by atoms with Gasteiger partial charge in [0.2, 0.25) is 0 Å². The maximum absolute atomic E-state index is 11.9. The van der Waals surface area contributed by atoms with Crippen molar-refractivity contribution in [2.45, 2.75) is 12.8 Å². The molecule has 0 saturated carbocycles. The highest BCUT2D eigenvalue weighted by Crippen LogP contribution is 2.23. The Bertz CT molecular complexity index is 407. The van der Waals surface area contributed by atoms with E-state index in [1.807, 2.05) is 14.1 Å². The number of nitrogens with two attached hydrogens (primary N) is 1. The van der Waals surface area contributed by atoms with E-state index < -0.39 is 0 Å². The Morgan fingerprint density at radius 2 is 2.11 bits per heavy atom. The molecule has 0 aliphatic heterocycles. The molecule has 100 valence electrons. The van der Waals surface area contributed by atoms with Crippen LogP contribution in [0.5, 0.6) is 0 Å². The molecule has 3 N–H and O–H groups in total. The van der Waals surface area contributed by atoms with Gasteiger partial charge in [-0.25, -0.2) is 0 Å². The largest absolute Gasteiger partial charge is 0.398 e. The van der Waals surface area contributed by atoms with Crippen LogP contribution in [-0.4, -0.2) is 38.0 Å². The molecule has 0 saturated heterocycles. The van der Waals surface area contributed by atoms with E-state index in [-0.39, 0.29) is 5.91 Å². The topological polar surface area (TPSA) is 58.4 Å². The lowest BCUT2D eigenvalue weighted by Gasteiger charge is -2.10. The van der Waals surface area contributed by atoms with Crippen LogP contribution in [0.15, 0.2) is 22.7 Å². The number of benzene rings is 1. The Balaban J connectivity index is 2.39. The van der Waals surface area contributed by atoms with Crippen LogP contribution in [0.1, 0.15) is 23.2 Å². The van der Waals surface area contributed by atoms with Crippen molar-refractivity contribution in [1.82, 2.24) is 10.2 Å². The third kappa shape index (κ3) is 4.66. The van der Waals surface area contributed by atoms with Crippen molar-refractivity contribution < 1.29 is 4.79 Å². The fraction of sp³-hybridized carbons (Fsp3) is 0.462. The number of nitrogens with one attached hydrogen (secondary N) is 1. The van der Waals surface area contributed by atoms with Crippen LogP contribution in [0.3, 0.4) is 0 Å². The highest BCUT2D eigenvalue weighted by atomic mass is 79.9. The van der Waals surface area contributed by atoms with Gasteiger partial charge in [-0.3, -0.25) is 4.79 Å². The summed E-state index contributed by atoms with van der Waals surface area (Å²) in [6.07, 6.45) is 2.05. The monoisotopic (exact) mass is 313 g/mol. The molecule has 0 unspecified atom stereocenters. The molecule has 18 heavy (non-hydrogen) atoms. The molecule has 0 bridgehead atoms. The lowest BCUT2D eigenvalue weighted by molar-refractivity contribution is 0.0952. The van der Waals surface area contributed by atoms with Crippen LogP contribution < -0.4 is 11.1 Å². The summed E-state index contributed by atoms with van der Waals surface area (Å²) >= 11 is 3.33. The van der Waals surface area contributed by atoms with E-state index in [2.05, 4.69) is 26.1 Å². The van der Waals surface area contributed by atoms with Gasteiger partial charge in [-0.2, -0.15) is 0 Å². The summed E-state index contributed by atoms with van der Waals surface area (Å²) in [5.41, 5.74) is 6.90. The second kappa shape index (κ2) is 7.38. The molecular weight excluding hydrogens is 294 g/mol. The van der Waals surface area contributed by atoms with Gasteiger partial charge in [0.15, 0.2) is 0 Å². The Kier molecular flexibility index (Phi) is 6.15. The van der Waals surface area contributed by atoms with Crippen molar-refractivity contribution >= 4 is 27.5 Å². The summed E-state index contributed by atoms with van der Waals surface area (Å²) in [5.74, 6) is -0.0842. The molecule has 1 rings (SSSR count). The molecule has 0 aliphatic carbocycles. The first-order valence-electron chi connectivity index (χ1n) is 5.99. The fourth-order valence-corrected chi connectivity index (χ4v) is 2.02. The van der Waals surface area contributed by atoms with Gasteiger partial charge in [-0.1, -0.05) is 6.07 Å². The summed E-state index contributed by atoms with van der Waals surface area (Å²) in [7, 11) is 4.09. The second-order valence-corrected chi connectivity index (χ2v) is 5.27. The van der Waals surface area contributed by atoms with E-state index in [0.717, 1.165) is 19.4 Å². The summed E-state index contributed by atoms with van der Waals surface area (Å²) in [4.78, 5) is 14.0. The summed E-state index contributed by atoms with van der Waals surface area (Å²) in [5, 5.41) is 2.90. The van der Waals surface area contributed by atoms with Crippen molar-refractivity contribution in [3.63, 3.8) is 0 Å². The molecule has 0 heterocycles. The van der Waals surface area contributed by atoms with Crippen molar-refractivity contribution in [1.29, 1.82) is 0 Å². The number of hydrogen-bond acceptors (Lipinski definition) is 3. The van der Waals surface area contributed by atoms with Gasteiger partial charge in [0, 0.05) is 12.2 Å². The summed E-state index contributed by atoms with van der Waals surface area (Å²) < 4.78 is 0.663. The van der Waals surface area contributed by atoms with Crippen molar-refractivity contribution in [2.75, 3.05) is 32.9 Å². The second-order valence-electron chi connectivity index (χ2n) is 4.48. The minimum absolute atomic E-state index is 0.0842. The predicted molar refractivity (Wildman–Crippen MR) is 78.7 cm³/mol. The van der Waals surface area contributed by atoms with Gasteiger partial charge in [-0.05, 0) is 61.5 Å². The van der Waals surface area contributed by atoms with Gasteiger partial charge in [-0.15, -0.1) is 0 Å². The number of carbonyl (C=O) groups is 1. The minimum atomic E-state index is -0.0842. The number of amides is 1. The summed E-state index contributed by atoms with van der Waals surface area (Å²) in [6.45, 7) is 1.73. The molecule has 4 nitrogen and oxygen atoms in total. The number of nitrogens with zero attached hydrogens (tertiary/aromatic N) is 1. The van der Waals surface area contributed by atoms with Crippen molar-refractivity contribution in [3.05, 3.63) is 28.2 Å². The van der Waals surface area contributed by atoms with E-state index >= 15 is 0 Å². The molecule has 5 heteroatoms. The highest BCUT2D eigenvalue weighted by molar-refractivity contribution is 9.10. The highest BCUT2D eigenvalue weighted by Gasteiger charge is 2.10. The van der Waals surface area contributed by atoms with E-state index in [1.165, 1.54) is 0 Å². The quantitative estimate of drug-likeness (QED) is 0.624. The van der Waals surface area contributed by atoms with Gasteiger partial charge < -0.3 is 16.0 Å². The van der Waals surface area contributed by atoms with Crippen molar-refractivity contribution in [3.8, 4) is 0 Å². The Hall–Kier alpha value is -1.07. The number of rotatable bonds is 6. The average molecular weight is 314 g/mol. The normalized spacial score (nSPS) is 10.7. The van der Waals surface area contributed by atoms with Crippen LogP contribution in [0, 0.1) is 0 Å². The third-order valence-electron chi connectivity index (χ3n) is 2.59. The molecule has 1 aromatic rings. The van der Waals surface area contributed by atoms with Crippen LogP contribution in [0.2, 0.25) is 0 Å². The third-order valence-corrected chi connectivity index (χ3v) is 3.48. The van der Waals surface area contributed by atoms with Gasteiger partial charge in [0.25, 0.3) is 5.91 Å². The van der Waals surface area contributed by atoms with Gasteiger partial charge in [0.1, 0.15) is 0 Å². The zero-order valence-electron chi connectivity index (χ0n) is 10.9. The summed E-state index contributed by atoms with van der Waals surface area (Å²) in [6, 6.07) is 5.30. The first-order valence-corrected chi connectivity index (χ1v) is 6.78. The number of carbonyl (C=O) groups excluding carboxylic acids is 1. The average Bonchev–Trinajstić information content (AvgIpc) is 2.31. The van der Waals surface area contributed by atoms with Crippen molar-refractivity contribution in [2.24, 2.45) is 0 Å². The Labute approximate surface area is 117 Å². The first-order chi connectivity index (χ1) is 8.52. The number of halogens is 1. The predicted octanol–water partition coefficient (Wildman–Crippen LogP) is 2.10. The number of nitrogen functional groups attached to an aromatic ring is 1. The molecule has 1 amide bonds. The SMILES string of the molecule is CN(C)CCCCNC(=O)c1cccc(N)c1Br. The minimum Gasteiger partial charge on any atom is -0.398 e. The van der Waals surface area contributed by atoms with Gasteiger partial charge in [0.05, 0.1) is 10.0 Å². The smallest absolute Gasteiger partial charge is 0.252 e. The van der Waals surface area contributed by atoms with E-state index in [0.29, 0.717) is 22.3 Å². The maximum Gasteiger partial charge on any atom is 0.252 e. The first kappa shape index (κ1) is 15.0. The molecule has 0 spiro atoms. The van der Waals surface area contributed by atoms with E-state index in [9.17, 15) is 4.79 Å². The molecule has 0 atom stereocenters.